The number of anilines is 2. The van der Waals surface area contributed by atoms with E-state index in [1.807, 2.05) is 80.4 Å². The second-order valence-electron chi connectivity index (χ2n) is 12.5. The van der Waals surface area contributed by atoms with Crippen molar-refractivity contribution in [2.24, 2.45) is 14.1 Å². The Morgan fingerprint density at radius 3 is 2.02 bits per heavy atom. The first-order valence-electron chi connectivity index (χ1n) is 16.2. The quantitative estimate of drug-likeness (QED) is 0.141. The van der Waals surface area contributed by atoms with Gasteiger partial charge in [0, 0.05) is 27.3 Å². The third kappa shape index (κ3) is 6.40. The summed E-state index contributed by atoms with van der Waals surface area (Å²) in [7, 11) is 3.92. The molecule has 4 heterocycles. The first-order valence-corrected chi connectivity index (χ1v) is 16.2. The van der Waals surface area contributed by atoms with Crippen molar-refractivity contribution in [2.75, 3.05) is 37.4 Å². The van der Waals surface area contributed by atoms with E-state index in [0.29, 0.717) is 67.1 Å². The first kappa shape index (κ1) is 33.2. The van der Waals surface area contributed by atoms with E-state index in [-0.39, 0.29) is 12.7 Å². The number of pyridine rings is 2. The van der Waals surface area contributed by atoms with Crippen molar-refractivity contribution >= 4 is 55.5 Å². The normalized spacial score (nSPS) is 12.8. The molecule has 0 aliphatic carbocycles. The number of hydrogen-bond donors (Lipinski definition) is 3. The van der Waals surface area contributed by atoms with Crippen LogP contribution >= 0.6 is 0 Å². The third-order valence-corrected chi connectivity index (χ3v) is 8.13. The molecule has 0 saturated carbocycles. The van der Waals surface area contributed by atoms with E-state index in [1.54, 1.807) is 13.8 Å². The Balaban J connectivity index is 1.34. The van der Waals surface area contributed by atoms with E-state index in [4.69, 9.17) is 39.6 Å². The number of fused-ring (bicyclic) bond motifs is 6. The van der Waals surface area contributed by atoms with Crippen molar-refractivity contribution in [1.29, 1.82) is 0 Å². The molecule has 4 aromatic heterocycles. The van der Waals surface area contributed by atoms with Crippen molar-refractivity contribution in [2.45, 2.75) is 59.5 Å². The summed E-state index contributed by atoms with van der Waals surface area (Å²) in [6.45, 7) is 11.8. The minimum Gasteiger partial charge on any atom is -0.490 e. The molecule has 1 atom stereocenters. The fourth-order valence-corrected chi connectivity index (χ4v) is 5.80. The lowest BCUT2D eigenvalue weighted by atomic mass is 10.1. The number of aromatic nitrogens is 6. The van der Waals surface area contributed by atoms with E-state index in [9.17, 15) is 5.11 Å². The highest BCUT2D eigenvalue weighted by atomic mass is 16.5. The van der Waals surface area contributed by atoms with Gasteiger partial charge in [-0.1, -0.05) is 12.1 Å². The highest BCUT2D eigenvalue weighted by Crippen LogP contribution is 2.37. The second kappa shape index (κ2) is 13.4. The van der Waals surface area contributed by atoms with E-state index in [0.717, 1.165) is 44.5 Å². The van der Waals surface area contributed by atoms with Crippen molar-refractivity contribution in [3.63, 3.8) is 0 Å². The summed E-state index contributed by atoms with van der Waals surface area (Å²) < 4.78 is 28.1. The fraction of sp³-hybridized carbons (Fsp3) is 0.429. The molecule has 254 valence electrons. The third-order valence-electron chi connectivity index (χ3n) is 8.13. The van der Waals surface area contributed by atoms with Gasteiger partial charge >= 0.3 is 0 Å². The number of imidazole rings is 2. The van der Waals surface area contributed by atoms with Crippen LogP contribution in [0.15, 0.2) is 36.4 Å². The van der Waals surface area contributed by atoms with Gasteiger partial charge in [0.2, 0.25) is 0 Å². The van der Waals surface area contributed by atoms with Crippen LogP contribution in [0, 0.1) is 0 Å². The maximum Gasteiger partial charge on any atom is 0.155 e. The molecule has 13 heteroatoms. The Bertz CT molecular complexity index is 2100. The molecule has 13 nitrogen and oxygen atoms in total. The summed E-state index contributed by atoms with van der Waals surface area (Å²) >= 11 is 0. The molecule has 6 aromatic rings. The lowest BCUT2D eigenvalue weighted by Crippen LogP contribution is -2.27. The number of nitrogens with one attached hydrogen (secondary N) is 1. The zero-order chi connectivity index (χ0) is 34.2. The number of nitrogen functional groups attached to an aromatic ring is 1. The average Bonchev–Trinajstić information content (AvgIpc) is 3.56. The highest BCUT2D eigenvalue weighted by Gasteiger charge is 2.23. The van der Waals surface area contributed by atoms with E-state index in [1.165, 1.54) is 0 Å². The Kier molecular flexibility index (Phi) is 9.28. The summed E-state index contributed by atoms with van der Waals surface area (Å²) in [6, 6.07) is 11.5. The lowest BCUT2D eigenvalue weighted by Gasteiger charge is -2.20. The SMILES string of the molecule is CCOCc1nc2c(N)nc3cccc(OC(C)CNc4nc5cccc(OCC(C)(C)O)c5c5c4nc(COCC)n5C)c3c2n1C. The van der Waals surface area contributed by atoms with Gasteiger partial charge in [-0.2, -0.15) is 0 Å². The summed E-state index contributed by atoms with van der Waals surface area (Å²) in [5.74, 6) is 3.80. The van der Waals surface area contributed by atoms with Crippen molar-refractivity contribution in [1.82, 2.24) is 29.1 Å². The predicted molar refractivity (Wildman–Crippen MR) is 187 cm³/mol. The van der Waals surface area contributed by atoms with Crippen molar-refractivity contribution < 1.29 is 24.1 Å². The molecule has 6 rings (SSSR count). The van der Waals surface area contributed by atoms with Gasteiger partial charge in [0.25, 0.3) is 0 Å². The lowest BCUT2D eigenvalue weighted by molar-refractivity contribution is 0.0290. The Hall–Kier alpha value is -4.72. The van der Waals surface area contributed by atoms with Crippen LogP contribution in [-0.4, -0.2) is 72.2 Å². The molecule has 2 aromatic carbocycles. The molecular weight excluding hydrogens is 612 g/mol. The maximum atomic E-state index is 10.3. The number of nitrogens with zero attached hydrogens (tertiary/aromatic N) is 6. The number of aliphatic hydroxyl groups is 1. The fourth-order valence-electron chi connectivity index (χ4n) is 5.80. The Labute approximate surface area is 279 Å². The second-order valence-corrected chi connectivity index (χ2v) is 12.5. The molecule has 0 spiro atoms. The monoisotopic (exact) mass is 656 g/mol. The van der Waals surface area contributed by atoms with Crippen LogP contribution < -0.4 is 20.5 Å². The molecule has 0 bridgehead atoms. The first-order chi connectivity index (χ1) is 23.0. The zero-order valence-electron chi connectivity index (χ0n) is 28.6. The largest absolute Gasteiger partial charge is 0.490 e. The van der Waals surface area contributed by atoms with Crippen LogP contribution in [0.25, 0.3) is 43.9 Å². The number of ether oxygens (including phenoxy) is 4. The Morgan fingerprint density at radius 1 is 0.833 bits per heavy atom. The van der Waals surface area contributed by atoms with Crippen LogP contribution in [0.4, 0.5) is 11.6 Å². The molecule has 0 fully saturated rings. The minimum atomic E-state index is -1.00. The van der Waals surface area contributed by atoms with Crippen LogP contribution in [-0.2, 0) is 36.8 Å². The molecule has 0 saturated heterocycles. The van der Waals surface area contributed by atoms with Crippen LogP contribution in [0.2, 0.25) is 0 Å². The van der Waals surface area contributed by atoms with Crippen LogP contribution in [0.1, 0.15) is 46.3 Å². The van der Waals surface area contributed by atoms with Crippen LogP contribution in [0.5, 0.6) is 11.5 Å². The van der Waals surface area contributed by atoms with E-state index < -0.39 is 5.60 Å². The minimum absolute atomic E-state index is 0.126. The smallest absolute Gasteiger partial charge is 0.155 e. The molecular formula is C35H44N8O5. The van der Waals surface area contributed by atoms with Crippen molar-refractivity contribution in [3.05, 3.63) is 48.0 Å². The van der Waals surface area contributed by atoms with Gasteiger partial charge in [-0.25, -0.2) is 19.9 Å². The molecule has 0 aliphatic heterocycles. The number of benzene rings is 2. The molecule has 0 aliphatic rings. The molecule has 48 heavy (non-hydrogen) atoms. The maximum absolute atomic E-state index is 10.3. The molecule has 0 radical (unpaired) electrons. The summed E-state index contributed by atoms with van der Waals surface area (Å²) in [5, 5.41) is 15.5. The topological polar surface area (TPSA) is 157 Å². The summed E-state index contributed by atoms with van der Waals surface area (Å²) in [5.41, 5.74) is 9.81. The van der Waals surface area contributed by atoms with E-state index >= 15 is 0 Å². The van der Waals surface area contributed by atoms with Gasteiger partial charge in [-0.05, 0) is 58.9 Å². The predicted octanol–water partition coefficient (Wildman–Crippen LogP) is 5.24. The van der Waals surface area contributed by atoms with Gasteiger partial charge < -0.3 is 44.2 Å². The summed E-state index contributed by atoms with van der Waals surface area (Å²) in [6.07, 6.45) is -0.278. The van der Waals surface area contributed by atoms with Gasteiger partial charge in [0.1, 0.15) is 60.1 Å². The van der Waals surface area contributed by atoms with E-state index in [2.05, 4.69) is 10.3 Å². The van der Waals surface area contributed by atoms with Crippen LogP contribution in [0.3, 0.4) is 0 Å². The van der Waals surface area contributed by atoms with Crippen molar-refractivity contribution in [3.8, 4) is 11.5 Å². The van der Waals surface area contributed by atoms with Gasteiger partial charge in [0.15, 0.2) is 11.6 Å². The van der Waals surface area contributed by atoms with Gasteiger partial charge in [-0.15, -0.1) is 0 Å². The molecule has 1 unspecified atom stereocenters. The average molecular weight is 657 g/mol. The zero-order valence-corrected chi connectivity index (χ0v) is 28.6. The standard InChI is InChI=1S/C35H44N8O5/c1-8-45-17-25-40-29-31(42(25)6)28-21(38-33(29)36)12-11-15-24(28)48-20(3)16-37-34-30-32(43(7)26(41-30)18-46-9-2)27-22(39-34)13-10-14-23(27)47-19-35(4,5)44/h10-15,20,44H,8-9,16-19H2,1-7H3,(H2,36,38)(H,37,39). The number of nitrogens with two attached hydrogens (primary N) is 1. The number of aryl methyl sites for hydroxylation is 2. The molecule has 4 N–H and O–H groups in total. The van der Waals surface area contributed by atoms with Gasteiger partial charge in [0.05, 0.1) is 45.0 Å². The Morgan fingerprint density at radius 2 is 1.40 bits per heavy atom. The van der Waals surface area contributed by atoms with Gasteiger partial charge in [-0.3, -0.25) is 0 Å². The number of hydrogen-bond acceptors (Lipinski definition) is 11. The molecule has 0 amide bonds. The highest BCUT2D eigenvalue weighted by molar-refractivity contribution is 6.10. The summed E-state index contributed by atoms with van der Waals surface area (Å²) in [4.78, 5) is 19.3. The number of rotatable bonds is 14.